The fraction of sp³-hybridized carbons (Fsp3) is 0.441. The molecule has 1 aliphatic heterocycles. The van der Waals surface area contributed by atoms with Crippen molar-refractivity contribution in [3.05, 3.63) is 82.8 Å². The van der Waals surface area contributed by atoms with Crippen LogP contribution in [0.15, 0.2) is 55.0 Å². The van der Waals surface area contributed by atoms with Gasteiger partial charge < -0.3 is 14.2 Å². The van der Waals surface area contributed by atoms with Crippen LogP contribution in [-0.2, 0) is 22.6 Å². The van der Waals surface area contributed by atoms with Gasteiger partial charge in [0.2, 0.25) is 0 Å². The van der Waals surface area contributed by atoms with Gasteiger partial charge in [0.15, 0.2) is 0 Å². The van der Waals surface area contributed by atoms with Gasteiger partial charge >= 0.3 is 12.1 Å². The number of nitrogens with zero attached hydrogens (tertiary/aromatic N) is 4. The van der Waals surface area contributed by atoms with Crippen molar-refractivity contribution in [2.24, 2.45) is 0 Å². The van der Waals surface area contributed by atoms with Crippen LogP contribution >= 0.6 is 0 Å². The number of fused-ring (bicyclic) bond motifs is 1. The third-order valence-electron chi connectivity index (χ3n) is 8.27. The summed E-state index contributed by atoms with van der Waals surface area (Å²) in [5.41, 5.74) is 4.74. The quantitative estimate of drug-likeness (QED) is 0.204. The minimum absolute atomic E-state index is 0.0129. The number of carbonyl (C=O) groups excluding carboxylic acids is 2. The summed E-state index contributed by atoms with van der Waals surface area (Å²) < 4.78 is 32.7. The molecule has 1 aliphatic rings. The predicted octanol–water partition coefficient (Wildman–Crippen LogP) is 6.82. The molecule has 3 heterocycles. The van der Waals surface area contributed by atoms with Crippen LogP contribution in [0.4, 0.5) is 9.18 Å². The maximum atomic E-state index is 13.1. The van der Waals surface area contributed by atoms with Crippen molar-refractivity contribution in [3.8, 4) is 5.75 Å². The summed E-state index contributed by atoms with van der Waals surface area (Å²) in [7, 11) is 3.04. The Hall–Kier alpha value is -4.18. The van der Waals surface area contributed by atoms with E-state index >= 15 is 0 Å². The van der Waals surface area contributed by atoms with E-state index in [9.17, 15) is 14.0 Å². The molecule has 0 N–H and O–H groups in total. The number of alkyl halides is 1. The lowest BCUT2D eigenvalue weighted by molar-refractivity contribution is 0.0542. The highest BCUT2D eigenvalue weighted by molar-refractivity contribution is 5.95. The molecule has 2 aromatic heterocycles. The lowest BCUT2D eigenvalue weighted by atomic mass is 9.83. The van der Waals surface area contributed by atoms with E-state index in [1.165, 1.54) is 7.11 Å². The molecule has 1 saturated heterocycles. The number of aryl methyl sites for hydroxylation is 2. The number of likely N-dealkylation sites (tertiary alicyclic amines) is 1. The number of methoxy groups -OCH3 is 2. The molecule has 9 nitrogen and oxygen atoms in total. The topological polar surface area (TPSA) is 87.8 Å². The number of piperidine rings is 1. The zero-order valence-corrected chi connectivity index (χ0v) is 26.3. The van der Waals surface area contributed by atoms with Gasteiger partial charge in [-0.3, -0.25) is 14.1 Å². The Kier molecular flexibility index (Phi) is 9.10. The Labute approximate surface area is 257 Å². The lowest BCUT2D eigenvalue weighted by Crippen LogP contribution is -2.36. The molecule has 0 radical (unpaired) electrons. The van der Waals surface area contributed by atoms with Crippen LogP contribution in [0.5, 0.6) is 5.75 Å². The summed E-state index contributed by atoms with van der Waals surface area (Å²) in [6.45, 7) is 8.67. The van der Waals surface area contributed by atoms with Crippen LogP contribution in [0.1, 0.15) is 78.2 Å². The van der Waals surface area contributed by atoms with Crippen molar-refractivity contribution in [1.29, 1.82) is 0 Å². The predicted molar refractivity (Wildman–Crippen MR) is 166 cm³/mol. The highest BCUT2D eigenvalue weighted by Gasteiger charge is 2.33. The number of benzene rings is 2. The average molecular weight is 605 g/mol. The summed E-state index contributed by atoms with van der Waals surface area (Å²) in [6.07, 6.45) is 6.84. The Morgan fingerprint density at radius 2 is 1.84 bits per heavy atom. The molecule has 44 heavy (non-hydrogen) atoms. The Balaban J connectivity index is 1.52. The highest BCUT2D eigenvalue weighted by atomic mass is 19.1. The molecule has 0 bridgehead atoms. The van der Waals surface area contributed by atoms with E-state index in [1.54, 1.807) is 34.7 Å². The third-order valence-corrected chi connectivity index (χ3v) is 8.27. The van der Waals surface area contributed by atoms with Crippen LogP contribution in [0, 0.1) is 6.92 Å². The summed E-state index contributed by atoms with van der Waals surface area (Å²) in [6, 6.07) is 11.5. The summed E-state index contributed by atoms with van der Waals surface area (Å²) in [4.78, 5) is 27.7. The first-order valence-corrected chi connectivity index (χ1v) is 14.9. The van der Waals surface area contributed by atoms with E-state index in [0.717, 1.165) is 58.3 Å². The molecule has 234 valence electrons. The van der Waals surface area contributed by atoms with E-state index in [0.29, 0.717) is 12.1 Å². The Bertz CT molecular complexity index is 1640. The smallest absolute Gasteiger partial charge is 0.419 e. The number of aromatic nitrogens is 3. The van der Waals surface area contributed by atoms with Gasteiger partial charge in [0, 0.05) is 35.9 Å². The molecular weight excluding hydrogens is 563 g/mol. The van der Waals surface area contributed by atoms with Gasteiger partial charge in [-0.2, -0.15) is 5.10 Å². The molecule has 4 aromatic rings. The van der Waals surface area contributed by atoms with Crippen molar-refractivity contribution >= 4 is 23.0 Å². The first-order valence-electron chi connectivity index (χ1n) is 14.9. The number of esters is 1. The largest absolute Gasteiger partial charge is 0.496 e. The molecule has 0 aliphatic carbocycles. The average Bonchev–Trinajstić information content (AvgIpc) is 3.66. The maximum absolute atomic E-state index is 13.1. The molecule has 0 saturated carbocycles. The molecule has 1 unspecified atom stereocenters. The molecule has 0 amide bonds. The molecular formula is C34H41FN4O5. The van der Waals surface area contributed by atoms with Gasteiger partial charge in [0.1, 0.15) is 18.0 Å². The van der Waals surface area contributed by atoms with E-state index in [2.05, 4.69) is 10.00 Å². The normalized spacial score (nSPS) is 17.5. The van der Waals surface area contributed by atoms with Crippen molar-refractivity contribution in [2.75, 3.05) is 27.4 Å². The number of hydrogen-bond donors (Lipinski definition) is 0. The van der Waals surface area contributed by atoms with Crippen LogP contribution < -0.4 is 4.74 Å². The summed E-state index contributed by atoms with van der Waals surface area (Å²) in [5.74, 6) is 0.612. The summed E-state index contributed by atoms with van der Waals surface area (Å²) >= 11 is 0. The SMILES string of the molecule is COC(=O)c1ccc([C@@H]2CC(c3cnn(CCF)c3)CCN2Cc2c(OC)cc(C)c3c2ccn3C(=O)OC(C)(C)C)cc1. The second-order valence-corrected chi connectivity index (χ2v) is 12.3. The van der Waals surface area contributed by atoms with Crippen LogP contribution in [-0.4, -0.2) is 64.4 Å². The van der Waals surface area contributed by atoms with Crippen LogP contribution in [0.2, 0.25) is 0 Å². The molecule has 5 rings (SSSR count). The Morgan fingerprint density at radius 1 is 1.09 bits per heavy atom. The maximum Gasteiger partial charge on any atom is 0.419 e. The van der Waals surface area contributed by atoms with Crippen molar-refractivity contribution in [2.45, 2.75) is 71.2 Å². The van der Waals surface area contributed by atoms with E-state index < -0.39 is 18.4 Å². The van der Waals surface area contributed by atoms with E-state index in [-0.39, 0.29) is 24.5 Å². The van der Waals surface area contributed by atoms with E-state index in [4.69, 9.17) is 14.2 Å². The number of rotatable bonds is 8. The van der Waals surface area contributed by atoms with Crippen molar-refractivity contribution in [1.82, 2.24) is 19.2 Å². The number of ether oxygens (including phenoxy) is 3. The second-order valence-electron chi connectivity index (χ2n) is 12.3. The number of halogens is 1. The second kappa shape index (κ2) is 12.8. The fourth-order valence-corrected chi connectivity index (χ4v) is 6.19. The van der Waals surface area contributed by atoms with Gasteiger partial charge in [-0.15, -0.1) is 0 Å². The molecule has 1 fully saturated rings. The minimum Gasteiger partial charge on any atom is -0.496 e. The number of carbonyl (C=O) groups is 2. The molecule has 2 aromatic carbocycles. The fourth-order valence-electron chi connectivity index (χ4n) is 6.19. The lowest BCUT2D eigenvalue weighted by Gasteiger charge is -2.40. The molecule has 2 atom stereocenters. The van der Waals surface area contributed by atoms with Gasteiger partial charge in [-0.1, -0.05) is 12.1 Å². The van der Waals surface area contributed by atoms with Crippen LogP contribution in [0.3, 0.4) is 0 Å². The first-order chi connectivity index (χ1) is 21.0. The van der Waals surface area contributed by atoms with E-state index in [1.807, 2.05) is 64.4 Å². The minimum atomic E-state index is -0.625. The standard InChI is InChI=1S/C34H41FN4O5/c1-22-17-30(42-5)28(27-12-15-39(31(22)27)33(41)44-34(2,3)4)21-37-14-11-25(26-19-36-38(20-26)16-13-35)18-29(37)23-7-9-24(10-8-23)32(40)43-6/h7-10,12,15,17,19-20,25,29H,11,13-14,16,18,21H2,1-6H3/t25?,29-/m0/s1. The van der Waals surface area contributed by atoms with Gasteiger partial charge in [0.05, 0.1) is 38.0 Å². The first kappa shape index (κ1) is 31.3. The molecule has 10 heteroatoms. The van der Waals surface area contributed by atoms with Crippen molar-refractivity contribution < 1.29 is 28.2 Å². The zero-order valence-electron chi connectivity index (χ0n) is 26.3. The van der Waals surface area contributed by atoms with Gasteiger partial charge in [-0.25, -0.2) is 14.0 Å². The van der Waals surface area contributed by atoms with Crippen molar-refractivity contribution in [3.63, 3.8) is 0 Å². The summed E-state index contributed by atoms with van der Waals surface area (Å²) in [5, 5.41) is 5.30. The molecule has 0 spiro atoms. The highest BCUT2D eigenvalue weighted by Crippen LogP contribution is 2.42. The zero-order chi connectivity index (χ0) is 31.6. The number of hydrogen-bond acceptors (Lipinski definition) is 7. The van der Waals surface area contributed by atoms with Gasteiger partial charge in [-0.05, 0) is 94.0 Å². The Morgan fingerprint density at radius 3 is 2.50 bits per heavy atom. The van der Waals surface area contributed by atoms with Gasteiger partial charge in [0.25, 0.3) is 0 Å². The van der Waals surface area contributed by atoms with Crippen LogP contribution in [0.25, 0.3) is 10.9 Å². The monoisotopic (exact) mass is 604 g/mol. The third kappa shape index (κ3) is 6.50.